The van der Waals surface area contributed by atoms with Gasteiger partial charge in [-0.25, -0.2) is 16.8 Å². The summed E-state index contributed by atoms with van der Waals surface area (Å²) >= 11 is 0. The summed E-state index contributed by atoms with van der Waals surface area (Å²) in [5.74, 6) is -1.71. The van der Waals surface area contributed by atoms with Gasteiger partial charge >= 0.3 is 59.1 Å². The Morgan fingerprint density at radius 2 is 1.50 bits per heavy atom. The number of allylic oxidation sites excluding steroid dienone is 2. The Bertz CT molecular complexity index is 1080. The van der Waals surface area contributed by atoms with Crippen LogP contribution in [0.5, 0.6) is 0 Å². The third kappa shape index (κ3) is 5.88. The maximum absolute atomic E-state index is 12.0. The van der Waals surface area contributed by atoms with E-state index in [4.69, 9.17) is 11.1 Å². The molecule has 0 radical (unpaired) electrons. The summed E-state index contributed by atoms with van der Waals surface area (Å²) < 4.78 is 68.5. The fourth-order valence-electron chi connectivity index (χ4n) is 2.88. The molecule has 0 saturated heterocycles. The molecule has 0 N–H and O–H groups in total. The third-order valence-electron chi connectivity index (χ3n) is 4.16. The zero-order valence-electron chi connectivity index (χ0n) is 15.9. The largest absolute Gasteiger partial charge is 1.00 e. The van der Waals surface area contributed by atoms with E-state index >= 15 is 0 Å². The summed E-state index contributed by atoms with van der Waals surface area (Å²) in [5.41, 5.74) is 15.5. The van der Waals surface area contributed by atoms with Gasteiger partial charge in [-0.3, -0.25) is 0 Å². The van der Waals surface area contributed by atoms with Gasteiger partial charge < -0.3 is 9.11 Å². The van der Waals surface area contributed by atoms with Crippen molar-refractivity contribution in [3.05, 3.63) is 75.0 Å². The van der Waals surface area contributed by atoms with Crippen molar-refractivity contribution in [3.63, 3.8) is 0 Å². The topological polar surface area (TPSA) is 212 Å². The van der Waals surface area contributed by atoms with Gasteiger partial charge in [-0.1, -0.05) is 64.9 Å². The van der Waals surface area contributed by atoms with Gasteiger partial charge in [-0.15, -0.1) is 0 Å². The van der Waals surface area contributed by atoms with Crippen LogP contribution in [0.1, 0.15) is 12.0 Å². The maximum Gasteiger partial charge on any atom is 1.00 e. The minimum absolute atomic E-state index is 0. The Morgan fingerprint density at radius 3 is 1.93 bits per heavy atom. The van der Waals surface area contributed by atoms with Crippen LogP contribution in [-0.4, -0.2) is 35.7 Å². The van der Waals surface area contributed by atoms with Gasteiger partial charge in [0.1, 0.15) is 25.9 Å². The normalized spacial score (nSPS) is 22.7. The molecule has 148 valence electrons. The zero-order valence-corrected chi connectivity index (χ0v) is 21.6. The minimum atomic E-state index is -5.83. The molecule has 0 amide bonds. The second kappa shape index (κ2) is 11.1. The van der Waals surface area contributed by atoms with Crippen LogP contribution in [0, 0.1) is 5.92 Å². The monoisotopic (exact) mass is 470 g/mol. The number of hydrogen-bond acceptors (Lipinski definition) is 8. The van der Waals surface area contributed by atoms with Crippen LogP contribution in [-0.2, 0) is 20.2 Å². The van der Waals surface area contributed by atoms with Gasteiger partial charge in [0.15, 0.2) is 4.08 Å². The van der Waals surface area contributed by atoms with Crippen LogP contribution in [0.25, 0.3) is 27.0 Å². The Morgan fingerprint density at radius 1 is 1.00 bits per heavy atom. The molecule has 12 nitrogen and oxygen atoms in total. The Balaban J connectivity index is 0.00000420. The van der Waals surface area contributed by atoms with E-state index in [0.29, 0.717) is 5.56 Å². The van der Waals surface area contributed by atoms with Crippen molar-refractivity contribution in [1.29, 1.82) is 0 Å². The number of azide groups is 1. The van der Waals surface area contributed by atoms with E-state index in [1.807, 2.05) is 0 Å². The average Bonchev–Trinajstić information content (AvgIpc) is 2.60. The fourth-order valence-corrected chi connectivity index (χ4v) is 5.64. The van der Waals surface area contributed by atoms with Crippen molar-refractivity contribution in [2.24, 2.45) is 16.1 Å². The van der Waals surface area contributed by atoms with E-state index < -0.39 is 42.3 Å². The Hall–Kier alpha value is -0.860. The molecule has 0 aliphatic heterocycles. The van der Waals surface area contributed by atoms with Crippen LogP contribution < -0.4 is 59.1 Å². The molecule has 0 saturated carbocycles. The molecule has 2 rings (SSSR count). The smallest absolute Gasteiger partial charge is 0.747 e. The summed E-state index contributed by atoms with van der Waals surface area (Å²) in [6.45, 7) is 0. The second-order valence-corrected chi connectivity index (χ2v) is 9.34. The molecular formula is C14H12N6Na2O6S2. The average molecular weight is 470 g/mol. The first-order chi connectivity index (χ1) is 13.0. The predicted molar refractivity (Wildman–Crippen MR) is 95.9 cm³/mol. The van der Waals surface area contributed by atoms with E-state index in [-0.39, 0.29) is 59.1 Å². The predicted octanol–water partition coefficient (Wildman–Crippen LogP) is -3.61. The summed E-state index contributed by atoms with van der Waals surface area (Å²) in [4.78, 5) is 4.79. The summed E-state index contributed by atoms with van der Waals surface area (Å²) in [7, 11) is -11.7. The second-order valence-electron chi connectivity index (χ2n) is 5.81. The van der Waals surface area contributed by atoms with Gasteiger partial charge in [0.2, 0.25) is 0 Å². The molecule has 0 fully saturated rings. The van der Waals surface area contributed by atoms with Crippen LogP contribution in [0.15, 0.2) is 58.8 Å². The number of benzene rings is 1. The molecule has 1 aromatic rings. The van der Waals surface area contributed by atoms with Crippen LogP contribution in [0.2, 0.25) is 0 Å². The number of hydrogen-bond donors (Lipinski definition) is 0. The molecule has 1 unspecified atom stereocenters. The van der Waals surface area contributed by atoms with Crippen molar-refractivity contribution < 1.29 is 85.1 Å². The number of nitrogens with zero attached hydrogens (tertiary/aromatic N) is 6. The molecule has 16 heteroatoms. The van der Waals surface area contributed by atoms with Crippen molar-refractivity contribution >= 4 is 26.3 Å². The third-order valence-corrected chi connectivity index (χ3v) is 7.91. The van der Waals surface area contributed by atoms with Gasteiger partial charge in [0.05, 0.1) is 0 Å². The van der Waals surface area contributed by atoms with Crippen LogP contribution in [0.3, 0.4) is 0 Å². The molecular weight excluding hydrogens is 458 g/mol. The van der Waals surface area contributed by atoms with Gasteiger partial charge in [-0.2, -0.15) is 0 Å². The molecule has 30 heavy (non-hydrogen) atoms. The van der Waals surface area contributed by atoms with E-state index in [1.54, 1.807) is 30.3 Å². The zero-order chi connectivity index (χ0) is 21.1. The summed E-state index contributed by atoms with van der Waals surface area (Å²) in [6.07, 6.45) is 2.88. The van der Waals surface area contributed by atoms with Crippen molar-refractivity contribution in [3.8, 4) is 0 Å². The molecule has 1 aromatic carbocycles. The summed E-state index contributed by atoms with van der Waals surface area (Å²) in [5, 5.41) is 6.24. The molecule has 0 bridgehead atoms. The van der Waals surface area contributed by atoms with E-state index in [9.17, 15) is 25.9 Å². The van der Waals surface area contributed by atoms with Gasteiger partial charge in [-0.05, 0) is 16.6 Å². The van der Waals surface area contributed by atoms with Crippen LogP contribution in [0.4, 0.5) is 0 Å². The number of rotatable bonds is 6. The molecule has 1 atom stereocenters. The van der Waals surface area contributed by atoms with Crippen molar-refractivity contribution in [1.82, 2.24) is 0 Å². The molecule has 0 aromatic heterocycles. The SMILES string of the molecule is [N-]=[N+]=NC1(N=[N+]=[N-])C=CC(C=Cc2ccccc2)C(S(=O)(=O)[O-])(S(=O)(=O)[O-])C1.[Na+].[Na+]. The van der Waals surface area contributed by atoms with Crippen molar-refractivity contribution in [2.45, 2.75) is 16.2 Å². The van der Waals surface area contributed by atoms with Crippen molar-refractivity contribution in [2.75, 3.05) is 0 Å². The van der Waals surface area contributed by atoms with E-state index in [0.717, 1.165) is 18.2 Å². The summed E-state index contributed by atoms with van der Waals surface area (Å²) in [6, 6.07) is 8.26. The van der Waals surface area contributed by atoms with Crippen LogP contribution >= 0.6 is 0 Å². The first kappa shape index (κ1) is 29.1. The fraction of sp³-hybridized carbons (Fsp3) is 0.286. The van der Waals surface area contributed by atoms with Gasteiger partial charge in [0, 0.05) is 22.2 Å². The molecule has 1 aliphatic carbocycles. The quantitative estimate of drug-likeness (QED) is 0.102. The Kier molecular flexibility index (Phi) is 10.8. The molecule has 0 heterocycles. The van der Waals surface area contributed by atoms with E-state index in [2.05, 4.69) is 20.1 Å². The molecule has 0 spiro atoms. The van der Waals surface area contributed by atoms with E-state index in [1.165, 1.54) is 6.08 Å². The maximum atomic E-state index is 12.0. The first-order valence-electron chi connectivity index (χ1n) is 7.47. The minimum Gasteiger partial charge on any atom is -0.747 e. The standard InChI is InChI=1S/C14H14N6O6S2.2Na/c15-19-17-13(18-20-16)9-8-12(7-6-11-4-2-1-3-5-11)14(10-13,27(21,22)23)28(24,25)26;;/h1-9,12H,10H2,(H,21,22,23)(H,24,25,26);;/q;2*+1/p-2. The first-order valence-corrected chi connectivity index (χ1v) is 10.3. The molecule has 1 aliphatic rings. The Labute approximate surface area is 216 Å². The van der Waals surface area contributed by atoms with Gasteiger partial charge in [0.25, 0.3) is 0 Å².